The van der Waals surface area contributed by atoms with Gasteiger partial charge >= 0.3 is 0 Å². The van der Waals surface area contributed by atoms with Crippen LogP contribution < -0.4 is 0 Å². The molecule has 1 spiro atoms. The molecule has 1 unspecified atom stereocenters. The molecule has 0 saturated carbocycles. The van der Waals surface area contributed by atoms with E-state index in [4.69, 9.17) is 9.73 Å². The Kier molecular flexibility index (Phi) is 6.48. The molecule has 5 nitrogen and oxygen atoms in total. The van der Waals surface area contributed by atoms with Crippen LogP contribution in [0.3, 0.4) is 0 Å². The minimum atomic E-state index is -0.720. The molecule has 3 aromatic rings. The zero-order chi connectivity index (χ0) is 24.3. The van der Waals surface area contributed by atoms with Gasteiger partial charge in [-0.1, -0.05) is 74.0 Å². The maximum absolute atomic E-state index is 13.3. The van der Waals surface area contributed by atoms with Crippen molar-refractivity contribution in [2.24, 2.45) is 4.99 Å². The van der Waals surface area contributed by atoms with Gasteiger partial charge in [0.1, 0.15) is 5.84 Å². The molecule has 0 radical (unpaired) electrons. The Morgan fingerprint density at radius 1 is 1.03 bits per heavy atom. The lowest BCUT2D eigenvalue weighted by molar-refractivity contribution is -0.131. The summed E-state index contributed by atoms with van der Waals surface area (Å²) in [6, 6.07) is 26.6. The molecule has 1 fully saturated rings. The van der Waals surface area contributed by atoms with Crippen molar-refractivity contribution in [1.29, 1.82) is 5.26 Å². The summed E-state index contributed by atoms with van der Waals surface area (Å²) >= 11 is 0. The molecule has 176 valence electrons. The molecule has 5 rings (SSSR count). The molecule has 1 saturated heterocycles. The van der Waals surface area contributed by atoms with Crippen molar-refractivity contribution in [3.05, 3.63) is 83.9 Å². The Hall–Kier alpha value is -3.75. The topological polar surface area (TPSA) is 65.7 Å². The van der Waals surface area contributed by atoms with Crippen molar-refractivity contribution in [1.82, 2.24) is 4.90 Å². The van der Waals surface area contributed by atoms with Gasteiger partial charge in [0.25, 0.3) is 5.91 Å². The van der Waals surface area contributed by atoms with E-state index in [9.17, 15) is 10.1 Å². The van der Waals surface area contributed by atoms with Gasteiger partial charge in [-0.15, -0.1) is 0 Å². The first kappa shape index (κ1) is 23.0. The fourth-order valence-corrected chi connectivity index (χ4v) is 4.89. The minimum absolute atomic E-state index is 0.0625. The predicted molar refractivity (Wildman–Crippen MR) is 138 cm³/mol. The van der Waals surface area contributed by atoms with E-state index in [1.165, 1.54) is 0 Å². The second-order valence-electron chi connectivity index (χ2n) is 9.29. The molecular formula is C30H29N3O2. The van der Waals surface area contributed by atoms with E-state index in [2.05, 4.69) is 31.2 Å². The highest BCUT2D eigenvalue weighted by atomic mass is 16.5. The third-order valence-electron chi connectivity index (χ3n) is 6.91. The van der Waals surface area contributed by atoms with E-state index in [-0.39, 0.29) is 5.91 Å². The van der Waals surface area contributed by atoms with Gasteiger partial charge in [-0.05, 0) is 40.8 Å². The fourth-order valence-electron chi connectivity index (χ4n) is 4.89. The molecule has 2 heterocycles. The molecule has 35 heavy (non-hydrogen) atoms. The largest absolute Gasteiger partial charge is 0.378 e. The molecule has 0 aromatic heterocycles. The highest BCUT2D eigenvalue weighted by Gasteiger charge is 2.50. The number of ether oxygens (including phenoxy) is 1. The van der Waals surface area contributed by atoms with Crippen LogP contribution in [0.1, 0.15) is 43.7 Å². The SMILES string of the molecule is CCCCC1=NC2(CCOC2)C(=O)N1Cc1ccc(-c2cc(-c3ccccc3)ccc2C#N)cc1. The Morgan fingerprint density at radius 2 is 1.80 bits per heavy atom. The maximum Gasteiger partial charge on any atom is 0.258 e. The van der Waals surface area contributed by atoms with E-state index < -0.39 is 5.54 Å². The quantitative estimate of drug-likeness (QED) is 0.433. The summed E-state index contributed by atoms with van der Waals surface area (Å²) in [6.45, 7) is 3.61. The van der Waals surface area contributed by atoms with Crippen LogP contribution >= 0.6 is 0 Å². The minimum Gasteiger partial charge on any atom is -0.378 e. The van der Waals surface area contributed by atoms with Crippen molar-refractivity contribution < 1.29 is 9.53 Å². The summed E-state index contributed by atoms with van der Waals surface area (Å²) in [5.41, 5.74) is 5.05. The Bertz CT molecular complexity index is 1280. The van der Waals surface area contributed by atoms with E-state index in [1.807, 2.05) is 59.5 Å². The van der Waals surface area contributed by atoms with Gasteiger partial charge in [-0.25, -0.2) is 0 Å². The Labute approximate surface area is 206 Å². The van der Waals surface area contributed by atoms with Crippen LogP contribution in [0.25, 0.3) is 22.3 Å². The summed E-state index contributed by atoms with van der Waals surface area (Å²) in [7, 11) is 0. The average molecular weight is 464 g/mol. The Morgan fingerprint density at radius 3 is 2.49 bits per heavy atom. The van der Waals surface area contributed by atoms with E-state index in [1.54, 1.807) is 0 Å². The summed E-state index contributed by atoms with van der Waals surface area (Å²) in [4.78, 5) is 20.1. The zero-order valence-corrected chi connectivity index (χ0v) is 20.0. The van der Waals surface area contributed by atoms with Crippen molar-refractivity contribution in [2.75, 3.05) is 13.2 Å². The summed E-state index contributed by atoms with van der Waals surface area (Å²) in [6.07, 6.45) is 3.53. The number of amidine groups is 1. The number of benzene rings is 3. The van der Waals surface area contributed by atoms with E-state index in [0.717, 1.165) is 52.9 Å². The molecule has 1 amide bonds. The second-order valence-corrected chi connectivity index (χ2v) is 9.29. The first-order valence-electron chi connectivity index (χ1n) is 12.3. The van der Waals surface area contributed by atoms with Gasteiger partial charge < -0.3 is 4.74 Å². The zero-order valence-electron chi connectivity index (χ0n) is 20.0. The predicted octanol–water partition coefficient (Wildman–Crippen LogP) is 5.98. The summed E-state index contributed by atoms with van der Waals surface area (Å²) in [5, 5.41) is 9.70. The summed E-state index contributed by atoms with van der Waals surface area (Å²) < 4.78 is 5.55. The first-order valence-corrected chi connectivity index (χ1v) is 12.3. The first-order chi connectivity index (χ1) is 17.1. The van der Waals surface area contributed by atoms with Crippen molar-refractivity contribution >= 4 is 11.7 Å². The van der Waals surface area contributed by atoms with Crippen LogP contribution in [0.2, 0.25) is 0 Å². The van der Waals surface area contributed by atoms with Crippen molar-refractivity contribution in [2.45, 2.75) is 44.7 Å². The number of carbonyl (C=O) groups excluding carboxylic acids is 1. The third kappa shape index (κ3) is 4.50. The number of nitrogens with zero attached hydrogens (tertiary/aromatic N) is 3. The number of rotatable bonds is 7. The van der Waals surface area contributed by atoms with Crippen LogP contribution in [-0.4, -0.2) is 35.4 Å². The fraction of sp³-hybridized carbons (Fsp3) is 0.300. The number of hydrogen-bond donors (Lipinski definition) is 0. The van der Waals surface area contributed by atoms with Crippen molar-refractivity contribution in [3.63, 3.8) is 0 Å². The molecular weight excluding hydrogens is 434 g/mol. The highest BCUT2D eigenvalue weighted by molar-refractivity contribution is 6.08. The van der Waals surface area contributed by atoms with Crippen molar-refractivity contribution in [3.8, 4) is 28.3 Å². The van der Waals surface area contributed by atoms with Crippen LogP contribution in [0.5, 0.6) is 0 Å². The lowest BCUT2D eigenvalue weighted by Gasteiger charge is -2.22. The second kappa shape index (κ2) is 9.85. The number of amides is 1. The van der Waals surface area contributed by atoms with Gasteiger partial charge in [0.05, 0.1) is 24.8 Å². The van der Waals surface area contributed by atoms with Gasteiger partial charge in [0.2, 0.25) is 0 Å². The van der Waals surface area contributed by atoms with Crippen LogP contribution in [0.15, 0.2) is 77.8 Å². The molecule has 1 atom stereocenters. The smallest absolute Gasteiger partial charge is 0.258 e. The van der Waals surface area contributed by atoms with E-state index in [0.29, 0.717) is 31.7 Å². The van der Waals surface area contributed by atoms with Gasteiger partial charge in [-0.2, -0.15) is 5.26 Å². The lowest BCUT2D eigenvalue weighted by Crippen LogP contribution is -2.42. The molecule has 2 aliphatic heterocycles. The number of aliphatic imine (C=N–C) groups is 1. The molecule has 3 aromatic carbocycles. The Balaban J connectivity index is 1.40. The standard InChI is InChI=1S/C30H29N3O2/c1-2-3-9-28-32-30(16-17-35-21-30)29(34)33(28)20-22-10-12-24(13-11-22)27-18-25(14-15-26(27)19-31)23-7-5-4-6-8-23/h4-8,10-15,18H,2-3,9,16-17,20-21H2,1H3. The van der Waals surface area contributed by atoms with Gasteiger partial charge in [-0.3, -0.25) is 14.7 Å². The number of hydrogen-bond acceptors (Lipinski definition) is 4. The van der Waals surface area contributed by atoms with Crippen LogP contribution in [0.4, 0.5) is 0 Å². The molecule has 0 aliphatic carbocycles. The number of carbonyl (C=O) groups is 1. The van der Waals surface area contributed by atoms with E-state index >= 15 is 0 Å². The normalized spacial score (nSPS) is 19.3. The molecule has 0 bridgehead atoms. The van der Waals surface area contributed by atoms with Gasteiger partial charge in [0, 0.05) is 25.0 Å². The highest BCUT2D eigenvalue weighted by Crippen LogP contribution is 2.34. The summed E-state index contributed by atoms with van der Waals surface area (Å²) in [5.74, 6) is 0.946. The monoisotopic (exact) mass is 463 g/mol. The number of nitriles is 1. The maximum atomic E-state index is 13.3. The molecule has 5 heteroatoms. The third-order valence-corrected chi connectivity index (χ3v) is 6.91. The lowest BCUT2D eigenvalue weighted by atomic mass is 9.94. The molecule has 2 aliphatic rings. The van der Waals surface area contributed by atoms with Crippen LogP contribution in [0, 0.1) is 11.3 Å². The van der Waals surface area contributed by atoms with Gasteiger partial charge in [0.15, 0.2) is 5.54 Å². The number of unbranched alkanes of at least 4 members (excludes halogenated alkanes) is 1. The molecule has 0 N–H and O–H groups in total. The average Bonchev–Trinajstić information content (AvgIpc) is 3.48. The van der Waals surface area contributed by atoms with Crippen LogP contribution in [-0.2, 0) is 16.1 Å².